The Balaban J connectivity index is 2.36. The summed E-state index contributed by atoms with van der Waals surface area (Å²) in [6.45, 7) is 6.21. The maximum Gasteiger partial charge on any atom is 0.184 e. The van der Waals surface area contributed by atoms with E-state index in [9.17, 15) is 8.78 Å². The van der Waals surface area contributed by atoms with Crippen LogP contribution in [0.15, 0.2) is 12.1 Å². The number of nitrogens with two attached hydrogens (primary N) is 1. The van der Waals surface area contributed by atoms with Gasteiger partial charge in [-0.3, -0.25) is 4.90 Å². The third-order valence-electron chi connectivity index (χ3n) is 3.73. The van der Waals surface area contributed by atoms with Gasteiger partial charge in [-0.15, -0.1) is 0 Å². The molecule has 5 heteroatoms. The topological polar surface area (TPSA) is 32.5 Å². The minimum absolute atomic E-state index is 0.0938. The van der Waals surface area contributed by atoms with Crippen molar-refractivity contribution in [3.8, 4) is 0 Å². The van der Waals surface area contributed by atoms with Crippen LogP contribution in [0.1, 0.15) is 13.8 Å². The van der Waals surface area contributed by atoms with Gasteiger partial charge >= 0.3 is 0 Å². The minimum Gasteiger partial charge on any atom is -0.397 e. The number of nitrogen functional groups attached to an aromatic ring is 1. The molecule has 1 aromatic carbocycles. The van der Waals surface area contributed by atoms with Crippen molar-refractivity contribution in [2.45, 2.75) is 19.4 Å². The molecule has 1 heterocycles. The van der Waals surface area contributed by atoms with Crippen molar-refractivity contribution in [1.82, 2.24) is 4.90 Å². The van der Waals surface area contributed by atoms with Crippen molar-refractivity contribution in [1.29, 1.82) is 0 Å². The predicted octanol–water partition coefficient (Wildman–Crippen LogP) is 2.08. The maximum absolute atomic E-state index is 13.9. The van der Waals surface area contributed by atoms with Crippen LogP contribution in [0.25, 0.3) is 0 Å². The summed E-state index contributed by atoms with van der Waals surface area (Å²) in [4.78, 5) is 4.03. The highest BCUT2D eigenvalue weighted by molar-refractivity contribution is 5.68. The van der Waals surface area contributed by atoms with E-state index < -0.39 is 11.6 Å². The number of likely N-dealkylation sites (N-methyl/N-ethyl adjacent to an activating group) is 1. The van der Waals surface area contributed by atoms with Gasteiger partial charge in [-0.2, -0.15) is 0 Å². The third kappa shape index (κ3) is 2.14. The second-order valence-electron chi connectivity index (χ2n) is 5.45. The van der Waals surface area contributed by atoms with Crippen LogP contribution in [0.3, 0.4) is 0 Å². The summed E-state index contributed by atoms with van der Waals surface area (Å²) < 4.78 is 27.2. The molecule has 1 aliphatic rings. The van der Waals surface area contributed by atoms with Gasteiger partial charge in [0, 0.05) is 25.2 Å². The number of anilines is 2. The fourth-order valence-corrected chi connectivity index (χ4v) is 2.31. The van der Waals surface area contributed by atoms with E-state index in [-0.39, 0.29) is 16.9 Å². The van der Waals surface area contributed by atoms with Gasteiger partial charge in [0.15, 0.2) is 11.6 Å². The summed E-state index contributed by atoms with van der Waals surface area (Å²) in [6.07, 6.45) is 0. The van der Waals surface area contributed by atoms with Crippen LogP contribution in [0, 0.1) is 11.6 Å². The van der Waals surface area contributed by atoms with Crippen LogP contribution in [-0.4, -0.2) is 37.1 Å². The first-order valence-electron chi connectivity index (χ1n) is 6.02. The molecule has 0 radical (unpaired) electrons. The Bertz CT molecular complexity index is 460. The summed E-state index contributed by atoms with van der Waals surface area (Å²) in [7, 11) is 2.03. The fraction of sp³-hybridized carbons (Fsp3) is 0.538. The van der Waals surface area contributed by atoms with E-state index in [0.717, 1.165) is 12.6 Å². The van der Waals surface area contributed by atoms with Crippen LogP contribution in [0.5, 0.6) is 0 Å². The highest BCUT2D eigenvalue weighted by Gasteiger charge is 2.33. The molecule has 1 aliphatic heterocycles. The molecule has 1 aromatic rings. The van der Waals surface area contributed by atoms with Crippen LogP contribution >= 0.6 is 0 Å². The Morgan fingerprint density at radius 1 is 1.22 bits per heavy atom. The van der Waals surface area contributed by atoms with Crippen molar-refractivity contribution >= 4 is 11.4 Å². The Kier molecular flexibility index (Phi) is 3.19. The number of hydrogen-bond acceptors (Lipinski definition) is 3. The van der Waals surface area contributed by atoms with E-state index >= 15 is 0 Å². The maximum atomic E-state index is 13.9. The van der Waals surface area contributed by atoms with Crippen molar-refractivity contribution < 1.29 is 8.78 Å². The first-order chi connectivity index (χ1) is 8.33. The summed E-state index contributed by atoms with van der Waals surface area (Å²) >= 11 is 0. The molecule has 1 fully saturated rings. The number of benzene rings is 1. The molecule has 0 bridgehead atoms. The Labute approximate surface area is 106 Å². The summed E-state index contributed by atoms with van der Waals surface area (Å²) in [6, 6.07) is 2.48. The lowest BCUT2D eigenvalue weighted by atomic mass is 9.99. The Morgan fingerprint density at radius 3 is 2.50 bits per heavy atom. The van der Waals surface area contributed by atoms with Gasteiger partial charge in [-0.1, -0.05) is 0 Å². The zero-order valence-electron chi connectivity index (χ0n) is 11.0. The van der Waals surface area contributed by atoms with Crippen LogP contribution in [0.4, 0.5) is 20.2 Å². The quantitative estimate of drug-likeness (QED) is 0.780. The molecule has 18 heavy (non-hydrogen) atoms. The van der Waals surface area contributed by atoms with Crippen molar-refractivity contribution in [3.05, 3.63) is 23.8 Å². The molecule has 0 atom stereocenters. The minimum atomic E-state index is -0.852. The average molecular weight is 255 g/mol. The molecule has 0 unspecified atom stereocenters. The molecule has 0 aromatic heterocycles. The molecule has 1 saturated heterocycles. The standard InChI is InChI=1S/C13H19F2N3/c1-13(2)8-18(7-6-17(13)3)12-10(16)5-4-9(14)11(12)15/h4-5H,6-8,16H2,1-3H3. The molecule has 3 nitrogen and oxygen atoms in total. The molecule has 100 valence electrons. The Morgan fingerprint density at radius 2 is 1.89 bits per heavy atom. The van der Waals surface area contributed by atoms with Crippen molar-refractivity contribution in [2.24, 2.45) is 0 Å². The second kappa shape index (κ2) is 4.39. The third-order valence-corrected chi connectivity index (χ3v) is 3.73. The van der Waals surface area contributed by atoms with Gasteiger partial charge in [-0.25, -0.2) is 8.78 Å². The van der Waals surface area contributed by atoms with E-state index in [4.69, 9.17) is 5.73 Å². The smallest absolute Gasteiger partial charge is 0.184 e. The van der Waals surface area contributed by atoms with Crippen molar-refractivity contribution in [2.75, 3.05) is 37.3 Å². The van der Waals surface area contributed by atoms with E-state index in [1.54, 1.807) is 0 Å². The monoisotopic (exact) mass is 255 g/mol. The number of piperazine rings is 1. The Hall–Kier alpha value is -1.36. The lowest BCUT2D eigenvalue weighted by molar-refractivity contribution is 0.138. The van der Waals surface area contributed by atoms with Gasteiger partial charge in [0.2, 0.25) is 0 Å². The van der Waals surface area contributed by atoms with Gasteiger partial charge in [0.05, 0.1) is 11.4 Å². The molecule has 0 amide bonds. The van der Waals surface area contributed by atoms with E-state index in [0.29, 0.717) is 13.1 Å². The number of halogens is 2. The van der Waals surface area contributed by atoms with Crippen LogP contribution < -0.4 is 10.6 Å². The number of hydrogen-bond donors (Lipinski definition) is 1. The summed E-state index contributed by atoms with van der Waals surface area (Å²) in [5.74, 6) is -1.70. The summed E-state index contributed by atoms with van der Waals surface area (Å²) in [5.41, 5.74) is 6.17. The zero-order valence-corrected chi connectivity index (χ0v) is 11.0. The average Bonchev–Trinajstić information content (AvgIpc) is 2.29. The molecular formula is C13H19F2N3. The highest BCUT2D eigenvalue weighted by Crippen LogP contribution is 2.32. The van der Waals surface area contributed by atoms with Crippen molar-refractivity contribution in [3.63, 3.8) is 0 Å². The van der Waals surface area contributed by atoms with Gasteiger partial charge in [0.25, 0.3) is 0 Å². The van der Waals surface area contributed by atoms with E-state index in [2.05, 4.69) is 18.7 Å². The molecular weight excluding hydrogens is 236 g/mol. The predicted molar refractivity (Wildman–Crippen MR) is 69.7 cm³/mol. The molecule has 2 N–H and O–H groups in total. The molecule has 0 saturated carbocycles. The largest absolute Gasteiger partial charge is 0.397 e. The zero-order chi connectivity index (χ0) is 13.5. The molecule has 0 aliphatic carbocycles. The number of rotatable bonds is 1. The molecule has 0 spiro atoms. The number of nitrogens with zero attached hydrogens (tertiary/aromatic N) is 2. The lowest BCUT2D eigenvalue weighted by Crippen LogP contribution is -2.58. The van der Waals surface area contributed by atoms with Crippen LogP contribution in [-0.2, 0) is 0 Å². The first-order valence-corrected chi connectivity index (χ1v) is 6.02. The second-order valence-corrected chi connectivity index (χ2v) is 5.45. The van der Waals surface area contributed by atoms with Gasteiger partial charge < -0.3 is 10.6 Å². The SMILES string of the molecule is CN1CCN(c2c(N)ccc(F)c2F)CC1(C)C. The van der Waals surface area contributed by atoms with E-state index in [1.807, 2.05) is 11.9 Å². The van der Waals surface area contributed by atoms with Gasteiger partial charge in [-0.05, 0) is 33.0 Å². The fourth-order valence-electron chi connectivity index (χ4n) is 2.31. The van der Waals surface area contributed by atoms with E-state index in [1.165, 1.54) is 6.07 Å². The normalized spacial score (nSPS) is 20.2. The summed E-state index contributed by atoms with van der Waals surface area (Å²) in [5, 5.41) is 0. The highest BCUT2D eigenvalue weighted by atomic mass is 19.2. The first kappa shape index (κ1) is 13.1. The van der Waals surface area contributed by atoms with Crippen LogP contribution in [0.2, 0.25) is 0 Å². The lowest BCUT2D eigenvalue weighted by Gasteiger charge is -2.46. The molecule has 2 rings (SSSR count). The van der Waals surface area contributed by atoms with Gasteiger partial charge in [0.1, 0.15) is 0 Å².